The fraction of sp³-hybridized carbons (Fsp3) is 0.100. The molecule has 1 aromatic heterocycles. The van der Waals surface area contributed by atoms with E-state index in [2.05, 4.69) is 4.98 Å². The van der Waals surface area contributed by atoms with Crippen LogP contribution in [0.2, 0.25) is 0 Å². The number of halogens is 3. The van der Waals surface area contributed by atoms with E-state index in [4.69, 9.17) is 10.5 Å². The Morgan fingerprint density at radius 1 is 1.11 bits per heavy atom. The normalized spacial score (nSPS) is 16.4. The molecule has 0 aliphatic carbocycles. The van der Waals surface area contributed by atoms with Crippen molar-refractivity contribution in [1.82, 2.24) is 4.98 Å². The van der Waals surface area contributed by atoms with Crippen LogP contribution in [0.4, 0.5) is 13.2 Å². The number of fused-ring (bicyclic) bond motifs is 3. The van der Waals surface area contributed by atoms with Crippen molar-refractivity contribution in [2.45, 2.75) is 12.1 Å². The Hall–Kier alpha value is -3.73. The number of H-pyrrole nitrogens is 1. The Bertz CT molecular complexity index is 1220. The number of pyridine rings is 1. The highest BCUT2D eigenvalue weighted by Gasteiger charge is 2.35. The lowest BCUT2D eigenvalue weighted by atomic mass is 9.83. The molecule has 2 aromatic carbocycles. The van der Waals surface area contributed by atoms with Crippen LogP contribution in [0, 0.1) is 11.3 Å². The number of hydrogen-bond acceptors (Lipinski definition) is 4. The molecule has 28 heavy (non-hydrogen) atoms. The van der Waals surface area contributed by atoms with E-state index in [1.54, 1.807) is 24.3 Å². The Balaban J connectivity index is 1.98. The summed E-state index contributed by atoms with van der Waals surface area (Å²) in [4.78, 5) is 15.5. The molecule has 3 N–H and O–H groups in total. The predicted octanol–water partition coefficient (Wildman–Crippen LogP) is 3.77. The van der Waals surface area contributed by atoms with Gasteiger partial charge in [0.25, 0.3) is 5.56 Å². The fourth-order valence-corrected chi connectivity index (χ4v) is 3.37. The van der Waals surface area contributed by atoms with Crippen molar-refractivity contribution in [2.24, 2.45) is 5.73 Å². The van der Waals surface area contributed by atoms with Gasteiger partial charge in [-0.25, -0.2) is 0 Å². The number of nitrogens with one attached hydrogen (secondary N) is 1. The largest absolute Gasteiger partial charge is 0.439 e. The summed E-state index contributed by atoms with van der Waals surface area (Å²) in [5, 5.41) is 10.1. The van der Waals surface area contributed by atoms with Gasteiger partial charge in [0.1, 0.15) is 17.4 Å². The van der Waals surface area contributed by atoms with Crippen molar-refractivity contribution >= 4 is 10.9 Å². The number of allylic oxidation sites excluding steroid dienone is 1. The van der Waals surface area contributed by atoms with Crippen LogP contribution in [0.1, 0.15) is 22.6 Å². The van der Waals surface area contributed by atoms with Gasteiger partial charge in [-0.05, 0) is 29.8 Å². The molecule has 0 saturated carbocycles. The minimum atomic E-state index is -4.49. The molecule has 0 unspecified atom stereocenters. The number of alkyl halides is 3. The summed E-state index contributed by atoms with van der Waals surface area (Å²) in [6.07, 6.45) is -4.49. The zero-order chi connectivity index (χ0) is 20.1. The second-order valence-electron chi connectivity index (χ2n) is 6.29. The lowest BCUT2D eigenvalue weighted by Crippen LogP contribution is -2.27. The molecule has 0 amide bonds. The van der Waals surface area contributed by atoms with Crippen molar-refractivity contribution < 1.29 is 17.9 Å². The summed E-state index contributed by atoms with van der Waals surface area (Å²) in [5.74, 6) is -0.930. The SMILES string of the molecule is N#CC1=C(N)Oc2c(c(=O)[nH]c3ccccc23)[C@@H]1c1ccc(C(F)(F)F)cc1. The number of nitrogens with zero attached hydrogens (tertiary/aromatic N) is 1. The fourth-order valence-electron chi connectivity index (χ4n) is 3.37. The second kappa shape index (κ2) is 6.16. The summed E-state index contributed by atoms with van der Waals surface area (Å²) in [6, 6.07) is 13.1. The quantitative estimate of drug-likeness (QED) is 0.669. The molecule has 2 heterocycles. The molecule has 1 aliphatic rings. The third-order valence-electron chi connectivity index (χ3n) is 4.66. The molecule has 0 radical (unpaired) electrons. The molecule has 140 valence electrons. The Morgan fingerprint density at radius 3 is 2.43 bits per heavy atom. The maximum absolute atomic E-state index is 12.9. The predicted molar refractivity (Wildman–Crippen MR) is 95.3 cm³/mol. The van der Waals surface area contributed by atoms with Crippen LogP contribution in [0.3, 0.4) is 0 Å². The first-order valence-corrected chi connectivity index (χ1v) is 8.21. The van der Waals surface area contributed by atoms with Crippen LogP contribution in [0.25, 0.3) is 10.9 Å². The van der Waals surface area contributed by atoms with Gasteiger partial charge in [-0.15, -0.1) is 0 Å². The molecular weight excluding hydrogens is 371 g/mol. The molecule has 5 nitrogen and oxygen atoms in total. The standard InChI is InChI=1S/C20H12F3N3O2/c21-20(22,23)11-7-5-10(6-8-11)15-13(9-24)18(25)28-17-12-3-1-2-4-14(12)26-19(27)16(15)17/h1-8,15H,25H2,(H,26,27)/t15-/m1/s1. The summed E-state index contributed by atoms with van der Waals surface area (Å²) >= 11 is 0. The van der Waals surface area contributed by atoms with Crippen LogP contribution in [0.15, 0.2) is 64.8 Å². The highest BCUT2D eigenvalue weighted by molar-refractivity contribution is 5.87. The summed E-state index contributed by atoms with van der Waals surface area (Å²) < 4.78 is 44.3. The maximum atomic E-state index is 12.9. The minimum Gasteiger partial charge on any atom is -0.439 e. The van der Waals surface area contributed by atoms with Gasteiger partial charge in [-0.3, -0.25) is 4.79 Å². The van der Waals surface area contributed by atoms with Gasteiger partial charge in [-0.2, -0.15) is 18.4 Å². The zero-order valence-electron chi connectivity index (χ0n) is 14.2. The van der Waals surface area contributed by atoms with Crippen molar-refractivity contribution in [2.75, 3.05) is 0 Å². The smallest absolute Gasteiger partial charge is 0.416 e. The van der Waals surface area contributed by atoms with Crippen molar-refractivity contribution in [1.29, 1.82) is 5.26 Å². The van der Waals surface area contributed by atoms with E-state index in [1.807, 2.05) is 6.07 Å². The number of nitrogens with two attached hydrogens (primary N) is 1. The molecular formula is C20H12F3N3O2. The number of hydrogen-bond donors (Lipinski definition) is 2. The molecule has 1 atom stereocenters. The monoisotopic (exact) mass is 383 g/mol. The minimum absolute atomic E-state index is 0.0342. The highest BCUT2D eigenvalue weighted by Crippen LogP contribution is 2.43. The van der Waals surface area contributed by atoms with Crippen LogP contribution >= 0.6 is 0 Å². The third-order valence-corrected chi connectivity index (χ3v) is 4.66. The van der Waals surface area contributed by atoms with Gasteiger partial charge < -0.3 is 15.5 Å². The average molecular weight is 383 g/mol. The first kappa shape index (κ1) is 17.7. The van der Waals surface area contributed by atoms with E-state index in [-0.39, 0.29) is 22.8 Å². The second-order valence-corrected chi connectivity index (χ2v) is 6.29. The van der Waals surface area contributed by atoms with Gasteiger partial charge in [0.2, 0.25) is 5.88 Å². The van der Waals surface area contributed by atoms with Gasteiger partial charge in [0.05, 0.1) is 22.6 Å². The van der Waals surface area contributed by atoms with Crippen LogP contribution in [0.5, 0.6) is 5.75 Å². The van der Waals surface area contributed by atoms with Gasteiger partial charge in [0, 0.05) is 5.39 Å². The summed E-state index contributed by atoms with van der Waals surface area (Å²) in [7, 11) is 0. The van der Waals surface area contributed by atoms with Crippen molar-refractivity contribution in [3.63, 3.8) is 0 Å². The van der Waals surface area contributed by atoms with E-state index < -0.39 is 23.2 Å². The van der Waals surface area contributed by atoms with Crippen LogP contribution in [-0.4, -0.2) is 4.98 Å². The zero-order valence-corrected chi connectivity index (χ0v) is 14.2. The lowest BCUT2D eigenvalue weighted by Gasteiger charge is -2.26. The summed E-state index contributed by atoms with van der Waals surface area (Å²) in [6.45, 7) is 0. The number of nitriles is 1. The molecule has 1 aliphatic heterocycles. The van der Waals surface area contributed by atoms with Gasteiger partial charge in [0.15, 0.2) is 0 Å². The number of rotatable bonds is 1. The van der Waals surface area contributed by atoms with E-state index in [9.17, 15) is 23.2 Å². The van der Waals surface area contributed by atoms with E-state index >= 15 is 0 Å². The average Bonchev–Trinajstić information content (AvgIpc) is 2.66. The first-order chi connectivity index (χ1) is 13.3. The number of benzene rings is 2. The number of ether oxygens (including phenoxy) is 1. The number of aromatic amines is 1. The molecule has 4 rings (SSSR count). The topological polar surface area (TPSA) is 91.9 Å². The first-order valence-electron chi connectivity index (χ1n) is 8.21. The van der Waals surface area contributed by atoms with Gasteiger partial charge >= 0.3 is 6.18 Å². The Kier molecular flexibility index (Phi) is 3.89. The van der Waals surface area contributed by atoms with Crippen LogP contribution < -0.4 is 16.0 Å². The van der Waals surface area contributed by atoms with Gasteiger partial charge in [-0.1, -0.05) is 24.3 Å². The molecule has 0 saturated heterocycles. The molecule has 8 heteroatoms. The van der Waals surface area contributed by atoms with Crippen molar-refractivity contribution in [3.8, 4) is 11.8 Å². The highest BCUT2D eigenvalue weighted by atomic mass is 19.4. The number of para-hydroxylation sites is 1. The van der Waals surface area contributed by atoms with Crippen molar-refractivity contribution in [3.05, 3.63) is 87.0 Å². The van der Waals surface area contributed by atoms with E-state index in [1.165, 1.54) is 12.1 Å². The lowest BCUT2D eigenvalue weighted by molar-refractivity contribution is -0.137. The third kappa shape index (κ3) is 2.68. The summed E-state index contributed by atoms with van der Waals surface area (Å²) in [5.41, 5.74) is 5.53. The van der Waals surface area contributed by atoms with E-state index in [0.717, 1.165) is 12.1 Å². The molecule has 0 spiro atoms. The Labute approximate surface area is 156 Å². The van der Waals surface area contributed by atoms with E-state index in [0.29, 0.717) is 16.5 Å². The number of aromatic nitrogens is 1. The molecule has 3 aromatic rings. The Morgan fingerprint density at radius 2 is 1.79 bits per heavy atom. The molecule has 0 bridgehead atoms. The molecule has 0 fully saturated rings. The maximum Gasteiger partial charge on any atom is 0.416 e. The van der Waals surface area contributed by atoms with Crippen LogP contribution in [-0.2, 0) is 6.18 Å².